The fourth-order valence-electron chi connectivity index (χ4n) is 1.86. The fraction of sp³-hybridized carbons (Fsp3) is 0.583. The molecule has 2 rings (SSSR count). The third-order valence-corrected chi connectivity index (χ3v) is 3.83. The second kappa shape index (κ2) is 6.71. The van der Waals surface area contributed by atoms with Crippen LogP contribution < -0.4 is 10.6 Å². The Labute approximate surface area is 107 Å². The van der Waals surface area contributed by atoms with E-state index in [1.807, 2.05) is 19.4 Å². The summed E-state index contributed by atoms with van der Waals surface area (Å²) in [7, 11) is 1.91. The molecule has 0 saturated carbocycles. The first-order chi connectivity index (χ1) is 8.38. The van der Waals surface area contributed by atoms with E-state index in [4.69, 9.17) is 0 Å². The molecule has 1 aromatic rings. The molecule has 1 aromatic heterocycles. The predicted molar refractivity (Wildman–Crippen MR) is 76.0 cm³/mol. The van der Waals surface area contributed by atoms with Gasteiger partial charge in [0.2, 0.25) is 0 Å². The molecule has 5 heteroatoms. The molecule has 0 spiro atoms. The van der Waals surface area contributed by atoms with Gasteiger partial charge in [0.15, 0.2) is 0 Å². The van der Waals surface area contributed by atoms with Crippen LogP contribution in [-0.2, 0) is 0 Å². The zero-order chi connectivity index (χ0) is 11.9. The van der Waals surface area contributed by atoms with Crippen molar-refractivity contribution in [2.24, 2.45) is 0 Å². The van der Waals surface area contributed by atoms with Crippen molar-refractivity contribution >= 4 is 23.1 Å². The van der Waals surface area contributed by atoms with Crippen molar-refractivity contribution in [1.29, 1.82) is 0 Å². The number of hydrogen-bond donors (Lipinski definition) is 2. The molecule has 1 aliphatic rings. The maximum absolute atomic E-state index is 4.18. The molecule has 17 heavy (non-hydrogen) atoms. The highest BCUT2D eigenvalue weighted by Gasteiger charge is 2.09. The van der Waals surface area contributed by atoms with E-state index in [-0.39, 0.29) is 0 Å². The van der Waals surface area contributed by atoms with E-state index in [1.54, 1.807) is 0 Å². The molecule has 94 valence electrons. The van der Waals surface area contributed by atoms with Gasteiger partial charge in [-0.25, -0.2) is 0 Å². The monoisotopic (exact) mass is 252 g/mol. The van der Waals surface area contributed by atoms with Crippen LogP contribution in [-0.4, -0.2) is 54.6 Å². The third-order valence-electron chi connectivity index (χ3n) is 2.89. The standard InChI is InChI=1S/C12H20N4S/c1-13-11-8-12(10-14-9-11)15-2-3-16-4-6-17-7-5-16/h8-10,13,15H,2-7H2,1H3. The second-order valence-corrected chi connectivity index (χ2v) is 5.32. The second-order valence-electron chi connectivity index (χ2n) is 4.09. The molecule has 0 aliphatic carbocycles. The summed E-state index contributed by atoms with van der Waals surface area (Å²) in [6.07, 6.45) is 3.69. The number of aromatic nitrogens is 1. The Hall–Kier alpha value is -0.940. The molecule has 0 bridgehead atoms. The zero-order valence-corrected chi connectivity index (χ0v) is 11.1. The van der Waals surface area contributed by atoms with Gasteiger partial charge >= 0.3 is 0 Å². The van der Waals surface area contributed by atoms with Gasteiger partial charge < -0.3 is 10.6 Å². The molecule has 2 N–H and O–H groups in total. The van der Waals surface area contributed by atoms with E-state index in [0.29, 0.717) is 0 Å². The minimum Gasteiger partial charge on any atom is -0.387 e. The first-order valence-corrected chi connectivity index (χ1v) is 7.21. The summed E-state index contributed by atoms with van der Waals surface area (Å²) in [4.78, 5) is 6.69. The van der Waals surface area contributed by atoms with E-state index < -0.39 is 0 Å². The Bertz CT molecular complexity index is 339. The van der Waals surface area contributed by atoms with Crippen molar-refractivity contribution in [1.82, 2.24) is 9.88 Å². The van der Waals surface area contributed by atoms with Gasteiger partial charge in [-0.15, -0.1) is 0 Å². The minimum atomic E-state index is 0.986. The lowest BCUT2D eigenvalue weighted by molar-refractivity contribution is 0.314. The van der Waals surface area contributed by atoms with Crippen LogP contribution in [0.1, 0.15) is 0 Å². The lowest BCUT2D eigenvalue weighted by Crippen LogP contribution is -2.36. The molecule has 0 unspecified atom stereocenters. The van der Waals surface area contributed by atoms with Crippen molar-refractivity contribution in [3.8, 4) is 0 Å². The highest BCUT2D eigenvalue weighted by atomic mass is 32.2. The summed E-state index contributed by atoms with van der Waals surface area (Å²) in [6, 6.07) is 2.08. The van der Waals surface area contributed by atoms with Crippen molar-refractivity contribution in [3.63, 3.8) is 0 Å². The Morgan fingerprint density at radius 3 is 2.82 bits per heavy atom. The van der Waals surface area contributed by atoms with E-state index in [2.05, 4.69) is 38.3 Å². The van der Waals surface area contributed by atoms with Crippen LogP contribution in [0.3, 0.4) is 0 Å². The lowest BCUT2D eigenvalue weighted by atomic mass is 10.3. The Balaban J connectivity index is 1.73. The number of hydrogen-bond acceptors (Lipinski definition) is 5. The van der Waals surface area contributed by atoms with Crippen molar-refractivity contribution in [2.45, 2.75) is 0 Å². The number of rotatable bonds is 5. The predicted octanol–water partition coefficient (Wildman–Crippen LogP) is 1.58. The summed E-state index contributed by atoms with van der Waals surface area (Å²) in [6.45, 7) is 4.55. The summed E-state index contributed by atoms with van der Waals surface area (Å²) in [5.74, 6) is 2.55. The molecule has 1 saturated heterocycles. The fourth-order valence-corrected chi connectivity index (χ4v) is 2.84. The Morgan fingerprint density at radius 2 is 2.06 bits per heavy atom. The van der Waals surface area contributed by atoms with Crippen LogP contribution in [0.15, 0.2) is 18.5 Å². The SMILES string of the molecule is CNc1cncc(NCCN2CCSCC2)c1. The zero-order valence-electron chi connectivity index (χ0n) is 10.3. The number of pyridine rings is 1. The van der Waals surface area contributed by atoms with Gasteiger partial charge in [-0.05, 0) is 6.07 Å². The summed E-state index contributed by atoms with van der Waals surface area (Å²) in [5.41, 5.74) is 2.13. The largest absolute Gasteiger partial charge is 0.387 e. The molecule has 0 atom stereocenters. The normalized spacial score (nSPS) is 16.8. The van der Waals surface area contributed by atoms with Gasteiger partial charge in [-0.1, -0.05) is 0 Å². The average Bonchev–Trinajstić information content (AvgIpc) is 2.40. The van der Waals surface area contributed by atoms with Crippen LogP contribution in [0.4, 0.5) is 11.4 Å². The van der Waals surface area contributed by atoms with E-state index in [9.17, 15) is 0 Å². The molecule has 1 aliphatic heterocycles. The molecule has 0 amide bonds. The third kappa shape index (κ3) is 4.09. The topological polar surface area (TPSA) is 40.2 Å². The molecule has 1 fully saturated rings. The van der Waals surface area contributed by atoms with E-state index >= 15 is 0 Å². The molecular weight excluding hydrogens is 232 g/mol. The average molecular weight is 252 g/mol. The van der Waals surface area contributed by atoms with Gasteiger partial charge in [0.1, 0.15) is 0 Å². The number of nitrogens with one attached hydrogen (secondary N) is 2. The lowest BCUT2D eigenvalue weighted by Gasteiger charge is -2.26. The molecule has 0 radical (unpaired) electrons. The van der Waals surface area contributed by atoms with Crippen LogP contribution in [0.5, 0.6) is 0 Å². The minimum absolute atomic E-state index is 0.986. The maximum Gasteiger partial charge on any atom is 0.0547 e. The highest BCUT2D eigenvalue weighted by molar-refractivity contribution is 7.99. The first kappa shape index (κ1) is 12.5. The molecule has 0 aromatic carbocycles. The van der Waals surface area contributed by atoms with E-state index in [1.165, 1.54) is 24.6 Å². The van der Waals surface area contributed by atoms with Gasteiger partial charge in [-0.3, -0.25) is 9.88 Å². The Morgan fingerprint density at radius 1 is 1.29 bits per heavy atom. The van der Waals surface area contributed by atoms with Crippen LogP contribution in [0.25, 0.3) is 0 Å². The molecule has 4 nitrogen and oxygen atoms in total. The molecule has 2 heterocycles. The van der Waals surface area contributed by atoms with Crippen molar-refractivity contribution in [2.75, 3.05) is 55.4 Å². The van der Waals surface area contributed by atoms with Gasteiger partial charge in [0.05, 0.1) is 23.8 Å². The number of nitrogens with zero attached hydrogens (tertiary/aromatic N) is 2. The van der Waals surface area contributed by atoms with Crippen LogP contribution >= 0.6 is 11.8 Å². The van der Waals surface area contributed by atoms with Crippen molar-refractivity contribution in [3.05, 3.63) is 18.5 Å². The highest BCUT2D eigenvalue weighted by Crippen LogP contribution is 2.12. The van der Waals surface area contributed by atoms with Crippen LogP contribution in [0.2, 0.25) is 0 Å². The number of anilines is 2. The number of thioether (sulfide) groups is 1. The quantitative estimate of drug-likeness (QED) is 0.833. The van der Waals surface area contributed by atoms with Crippen molar-refractivity contribution < 1.29 is 0 Å². The van der Waals surface area contributed by atoms with E-state index in [0.717, 1.165) is 24.5 Å². The maximum atomic E-state index is 4.18. The summed E-state index contributed by atoms with van der Waals surface area (Å²) in [5, 5.41) is 6.51. The Kier molecular flexibility index (Phi) is 4.94. The van der Waals surface area contributed by atoms with Gasteiger partial charge in [0.25, 0.3) is 0 Å². The summed E-state index contributed by atoms with van der Waals surface area (Å²) < 4.78 is 0. The van der Waals surface area contributed by atoms with Gasteiger partial charge in [-0.2, -0.15) is 11.8 Å². The van der Waals surface area contributed by atoms with Crippen LogP contribution in [0, 0.1) is 0 Å². The smallest absolute Gasteiger partial charge is 0.0547 e. The molecular formula is C12H20N4S. The van der Waals surface area contributed by atoms with Gasteiger partial charge in [0, 0.05) is 44.7 Å². The summed E-state index contributed by atoms with van der Waals surface area (Å²) >= 11 is 2.05. The first-order valence-electron chi connectivity index (χ1n) is 6.05.